The van der Waals surface area contributed by atoms with Gasteiger partial charge in [0.15, 0.2) is 0 Å². The maximum Gasteiger partial charge on any atom is 0.228 e. The zero-order valence-electron chi connectivity index (χ0n) is 14.4. The van der Waals surface area contributed by atoms with Crippen LogP contribution >= 0.6 is 0 Å². The van der Waals surface area contributed by atoms with Gasteiger partial charge in [0.05, 0.1) is 19.1 Å². The van der Waals surface area contributed by atoms with E-state index in [1.54, 1.807) is 18.3 Å². The van der Waals surface area contributed by atoms with E-state index in [-0.39, 0.29) is 12.0 Å². The molecule has 1 fully saturated rings. The van der Waals surface area contributed by atoms with Gasteiger partial charge in [-0.25, -0.2) is 4.98 Å². The van der Waals surface area contributed by atoms with Gasteiger partial charge in [0, 0.05) is 25.4 Å². The van der Waals surface area contributed by atoms with Crippen LogP contribution in [0.5, 0.6) is 5.75 Å². The summed E-state index contributed by atoms with van der Waals surface area (Å²) >= 11 is 0. The number of carbonyl (C=O) groups excluding carboxylic acids is 1. The maximum absolute atomic E-state index is 12.2. The van der Waals surface area contributed by atoms with Crippen LogP contribution in [0.1, 0.15) is 12.0 Å². The SMILES string of the molecule is CN1CCOC(CC(=O)Nc2cc(OCc3ccccc3)ccn2)C1. The fourth-order valence-electron chi connectivity index (χ4n) is 2.70. The number of hydrogen-bond donors (Lipinski definition) is 1. The highest BCUT2D eigenvalue weighted by Crippen LogP contribution is 2.17. The summed E-state index contributed by atoms with van der Waals surface area (Å²) < 4.78 is 11.4. The number of ether oxygens (including phenoxy) is 2. The lowest BCUT2D eigenvalue weighted by molar-refractivity contribution is -0.120. The fourth-order valence-corrected chi connectivity index (χ4v) is 2.70. The summed E-state index contributed by atoms with van der Waals surface area (Å²) in [7, 11) is 2.03. The molecule has 2 aromatic rings. The number of hydrogen-bond acceptors (Lipinski definition) is 5. The highest BCUT2D eigenvalue weighted by atomic mass is 16.5. The third kappa shape index (κ3) is 5.55. The van der Waals surface area contributed by atoms with Crippen molar-refractivity contribution in [2.24, 2.45) is 0 Å². The molecule has 0 bridgehead atoms. The van der Waals surface area contributed by atoms with Crippen LogP contribution in [0.3, 0.4) is 0 Å². The van der Waals surface area contributed by atoms with Crippen molar-refractivity contribution in [3.8, 4) is 5.75 Å². The smallest absolute Gasteiger partial charge is 0.228 e. The Labute approximate surface area is 147 Å². The van der Waals surface area contributed by atoms with Crippen molar-refractivity contribution in [2.45, 2.75) is 19.1 Å². The number of anilines is 1. The van der Waals surface area contributed by atoms with Crippen molar-refractivity contribution in [2.75, 3.05) is 32.1 Å². The first-order valence-electron chi connectivity index (χ1n) is 8.42. The lowest BCUT2D eigenvalue weighted by Gasteiger charge is -2.29. The molecule has 6 heteroatoms. The number of aromatic nitrogens is 1. The van der Waals surface area contributed by atoms with Crippen LogP contribution in [0.2, 0.25) is 0 Å². The average molecular weight is 341 g/mol. The normalized spacial score (nSPS) is 17.9. The van der Waals surface area contributed by atoms with E-state index < -0.39 is 0 Å². The maximum atomic E-state index is 12.2. The van der Waals surface area contributed by atoms with Gasteiger partial charge < -0.3 is 19.7 Å². The molecule has 1 aliphatic heterocycles. The summed E-state index contributed by atoms with van der Waals surface area (Å²) in [5, 5.41) is 2.81. The van der Waals surface area contributed by atoms with Gasteiger partial charge in [-0.1, -0.05) is 30.3 Å². The first kappa shape index (κ1) is 17.4. The number of carbonyl (C=O) groups is 1. The number of benzene rings is 1. The molecule has 0 spiro atoms. The Morgan fingerprint density at radius 3 is 3.00 bits per heavy atom. The molecule has 1 aromatic heterocycles. The molecule has 1 atom stereocenters. The van der Waals surface area contributed by atoms with Crippen molar-refractivity contribution in [3.05, 3.63) is 54.2 Å². The molecule has 1 aromatic carbocycles. The van der Waals surface area contributed by atoms with Gasteiger partial charge in [-0.05, 0) is 18.7 Å². The van der Waals surface area contributed by atoms with Crippen molar-refractivity contribution >= 4 is 11.7 Å². The highest BCUT2D eigenvalue weighted by Gasteiger charge is 2.20. The van der Waals surface area contributed by atoms with Gasteiger partial charge in [0.25, 0.3) is 0 Å². The summed E-state index contributed by atoms with van der Waals surface area (Å²) in [6, 6.07) is 13.4. The minimum atomic E-state index is -0.104. The molecule has 1 unspecified atom stereocenters. The molecule has 0 aliphatic carbocycles. The molecular formula is C19H23N3O3. The van der Waals surface area contributed by atoms with Crippen molar-refractivity contribution < 1.29 is 14.3 Å². The van der Waals surface area contributed by atoms with Crippen LogP contribution in [0.4, 0.5) is 5.82 Å². The predicted octanol–water partition coefficient (Wildman–Crippen LogP) is 2.32. The minimum absolute atomic E-state index is 0.0729. The molecule has 132 valence electrons. The van der Waals surface area contributed by atoms with Crippen LogP contribution < -0.4 is 10.1 Å². The Kier molecular flexibility index (Phi) is 5.98. The molecule has 1 saturated heterocycles. The first-order chi connectivity index (χ1) is 12.2. The second kappa shape index (κ2) is 8.60. The van der Waals surface area contributed by atoms with E-state index in [2.05, 4.69) is 15.2 Å². The molecule has 0 radical (unpaired) electrons. The standard InChI is InChI=1S/C19H23N3O3/c1-22-9-10-24-17(13-22)12-19(23)21-18-11-16(7-8-20-18)25-14-15-5-3-2-4-6-15/h2-8,11,17H,9-10,12-14H2,1H3,(H,20,21,23). The quantitative estimate of drug-likeness (QED) is 0.874. The van der Waals surface area contributed by atoms with E-state index in [4.69, 9.17) is 9.47 Å². The van der Waals surface area contributed by atoms with Gasteiger partial charge in [0.1, 0.15) is 18.2 Å². The van der Waals surface area contributed by atoms with Gasteiger partial charge in [0.2, 0.25) is 5.91 Å². The minimum Gasteiger partial charge on any atom is -0.489 e. The third-order valence-corrected chi connectivity index (χ3v) is 4.00. The zero-order chi connectivity index (χ0) is 17.5. The van der Waals surface area contributed by atoms with Gasteiger partial charge in [-0.15, -0.1) is 0 Å². The number of pyridine rings is 1. The molecular weight excluding hydrogens is 318 g/mol. The van der Waals surface area contributed by atoms with Crippen LogP contribution in [-0.4, -0.2) is 48.6 Å². The number of rotatable bonds is 6. The summed E-state index contributed by atoms with van der Waals surface area (Å²) in [6.45, 7) is 2.80. The number of amides is 1. The summed E-state index contributed by atoms with van der Waals surface area (Å²) in [6.07, 6.45) is 1.87. The Bertz CT molecular complexity index is 693. The predicted molar refractivity (Wildman–Crippen MR) is 95.5 cm³/mol. The number of morpholine rings is 1. The second-order valence-corrected chi connectivity index (χ2v) is 6.16. The third-order valence-electron chi connectivity index (χ3n) is 4.00. The zero-order valence-corrected chi connectivity index (χ0v) is 14.4. The van der Waals surface area contributed by atoms with Crippen LogP contribution in [-0.2, 0) is 16.1 Å². The molecule has 1 amide bonds. The Morgan fingerprint density at radius 1 is 1.36 bits per heavy atom. The number of nitrogens with one attached hydrogen (secondary N) is 1. The molecule has 1 N–H and O–H groups in total. The molecule has 25 heavy (non-hydrogen) atoms. The molecule has 2 heterocycles. The summed E-state index contributed by atoms with van der Waals surface area (Å²) in [5.74, 6) is 1.05. The van der Waals surface area contributed by atoms with E-state index in [0.717, 1.165) is 18.7 Å². The summed E-state index contributed by atoms with van der Waals surface area (Å²) in [5.41, 5.74) is 1.09. The van der Waals surface area contributed by atoms with Gasteiger partial charge in [-0.3, -0.25) is 4.79 Å². The fraction of sp³-hybridized carbons (Fsp3) is 0.368. The Balaban J connectivity index is 1.51. The second-order valence-electron chi connectivity index (χ2n) is 6.16. The first-order valence-corrected chi connectivity index (χ1v) is 8.42. The molecule has 1 aliphatic rings. The van der Waals surface area contributed by atoms with Crippen LogP contribution in [0.15, 0.2) is 48.7 Å². The monoisotopic (exact) mass is 341 g/mol. The lowest BCUT2D eigenvalue weighted by atomic mass is 10.2. The van der Waals surface area contributed by atoms with Gasteiger partial charge >= 0.3 is 0 Å². The van der Waals surface area contributed by atoms with Crippen molar-refractivity contribution in [1.82, 2.24) is 9.88 Å². The average Bonchev–Trinajstić information content (AvgIpc) is 2.61. The van der Waals surface area contributed by atoms with Gasteiger partial charge in [-0.2, -0.15) is 0 Å². The van der Waals surface area contributed by atoms with Crippen molar-refractivity contribution in [1.29, 1.82) is 0 Å². The van der Waals surface area contributed by atoms with E-state index in [1.807, 2.05) is 37.4 Å². The van der Waals surface area contributed by atoms with Crippen LogP contribution in [0, 0.1) is 0 Å². The molecule has 3 rings (SSSR count). The molecule has 6 nitrogen and oxygen atoms in total. The Morgan fingerprint density at radius 2 is 2.20 bits per heavy atom. The highest BCUT2D eigenvalue weighted by molar-refractivity contribution is 5.90. The summed E-state index contributed by atoms with van der Waals surface area (Å²) in [4.78, 5) is 18.5. The van der Waals surface area contributed by atoms with Crippen LogP contribution in [0.25, 0.3) is 0 Å². The molecule has 0 saturated carbocycles. The van der Waals surface area contributed by atoms with E-state index >= 15 is 0 Å². The van der Waals surface area contributed by atoms with Crippen molar-refractivity contribution in [3.63, 3.8) is 0 Å². The number of likely N-dealkylation sites (N-methyl/N-ethyl adjacent to an activating group) is 1. The number of nitrogens with zero attached hydrogens (tertiary/aromatic N) is 2. The Hall–Kier alpha value is -2.44. The van der Waals surface area contributed by atoms with E-state index in [0.29, 0.717) is 31.2 Å². The lowest BCUT2D eigenvalue weighted by Crippen LogP contribution is -2.41. The van der Waals surface area contributed by atoms with E-state index in [1.165, 1.54) is 0 Å². The van der Waals surface area contributed by atoms with E-state index in [9.17, 15) is 4.79 Å². The largest absolute Gasteiger partial charge is 0.489 e. The topological polar surface area (TPSA) is 63.7 Å².